The van der Waals surface area contributed by atoms with Gasteiger partial charge < -0.3 is 15.2 Å². The van der Waals surface area contributed by atoms with E-state index >= 15 is 0 Å². The van der Waals surface area contributed by atoms with E-state index in [0.717, 1.165) is 0 Å². The molecule has 0 saturated carbocycles. The summed E-state index contributed by atoms with van der Waals surface area (Å²) in [6, 6.07) is 4.28. The Labute approximate surface area is 113 Å². The van der Waals surface area contributed by atoms with Crippen molar-refractivity contribution in [2.24, 2.45) is 0 Å². The van der Waals surface area contributed by atoms with Crippen molar-refractivity contribution in [3.05, 3.63) is 46.3 Å². The van der Waals surface area contributed by atoms with Crippen LogP contribution in [0.5, 0.6) is 0 Å². The Morgan fingerprint density at radius 3 is 2.85 bits per heavy atom. The molecule has 0 radical (unpaired) electrons. The number of carbonyl (C=O) groups is 1. The van der Waals surface area contributed by atoms with Gasteiger partial charge in [0.2, 0.25) is 0 Å². The van der Waals surface area contributed by atoms with Crippen molar-refractivity contribution in [1.29, 1.82) is 0 Å². The van der Waals surface area contributed by atoms with Crippen LogP contribution < -0.4 is 10.6 Å². The molecule has 1 aromatic carbocycles. The highest BCUT2D eigenvalue weighted by molar-refractivity contribution is 6.07. The van der Waals surface area contributed by atoms with E-state index < -0.39 is 10.8 Å². The molecular formula is C12H12N4O4. The molecule has 0 aliphatic carbocycles. The van der Waals surface area contributed by atoms with Crippen molar-refractivity contribution in [2.75, 3.05) is 17.2 Å². The zero-order valence-corrected chi connectivity index (χ0v) is 10.6. The minimum atomic E-state index is -0.599. The molecule has 20 heavy (non-hydrogen) atoms. The molecule has 104 valence electrons. The maximum absolute atomic E-state index is 12.1. The first-order valence-electron chi connectivity index (χ1n) is 5.85. The number of nitrogens with zero attached hydrogens (tertiary/aromatic N) is 2. The minimum absolute atomic E-state index is 0.0327. The van der Waals surface area contributed by atoms with Gasteiger partial charge in [-0.05, 0) is 19.1 Å². The fourth-order valence-corrected chi connectivity index (χ4v) is 1.66. The molecule has 0 bridgehead atoms. The Morgan fingerprint density at radius 1 is 1.45 bits per heavy atom. The van der Waals surface area contributed by atoms with Crippen LogP contribution >= 0.6 is 0 Å². The van der Waals surface area contributed by atoms with E-state index in [2.05, 4.69) is 20.3 Å². The van der Waals surface area contributed by atoms with Crippen LogP contribution in [0.3, 0.4) is 0 Å². The predicted molar refractivity (Wildman–Crippen MR) is 71.7 cm³/mol. The predicted octanol–water partition coefficient (Wildman–Crippen LogP) is 2.27. The van der Waals surface area contributed by atoms with E-state index in [0.29, 0.717) is 17.9 Å². The fraction of sp³-hybridized carbons (Fsp3) is 0.167. The molecule has 0 unspecified atom stereocenters. The second-order valence-electron chi connectivity index (χ2n) is 3.89. The van der Waals surface area contributed by atoms with Crippen molar-refractivity contribution in [2.45, 2.75) is 6.92 Å². The maximum atomic E-state index is 12.1. The summed E-state index contributed by atoms with van der Waals surface area (Å²) in [6.45, 7) is 2.53. The van der Waals surface area contributed by atoms with Gasteiger partial charge in [0.25, 0.3) is 11.6 Å². The number of nitrogens with one attached hydrogen (secondary N) is 2. The molecule has 0 fully saturated rings. The van der Waals surface area contributed by atoms with Crippen molar-refractivity contribution in [1.82, 2.24) is 5.16 Å². The lowest BCUT2D eigenvalue weighted by molar-refractivity contribution is -0.385. The van der Waals surface area contributed by atoms with Crippen molar-refractivity contribution in [3.8, 4) is 0 Å². The molecule has 2 N–H and O–H groups in total. The van der Waals surface area contributed by atoms with Crippen LogP contribution in [0.25, 0.3) is 0 Å². The number of hydrogen-bond donors (Lipinski definition) is 2. The summed E-state index contributed by atoms with van der Waals surface area (Å²) < 4.78 is 4.58. The summed E-state index contributed by atoms with van der Waals surface area (Å²) in [5.74, 6) is -0.598. The summed E-state index contributed by atoms with van der Waals surface area (Å²) in [4.78, 5) is 22.5. The summed E-state index contributed by atoms with van der Waals surface area (Å²) in [6.07, 6.45) is 2.54. The summed E-state index contributed by atoms with van der Waals surface area (Å²) in [7, 11) is 0. The third-order valence-electron chi connectivity index (χ3n) is 2.51. The molecule has 0 aliphatic rings. The number of nitro benzene ring substituents is 1. The molecular weight excluding hydrogens is 264 g/mol. The quantitative estimate of drug-likeness (QED) is 0.640. The van der Waals surface area contributed by atoms with Gasteiger partial charge >= 0.3 is 0 Å². The molecule has 0 aliphatic heterocycles. The van der Waals surface area contributed by atoms with E-state index in [1.54, 1.807) is 6.07 Å². The molecule has 1 heterocycles. The molecule has 0 spiro atoms. The van der Waals surface area contributed by atoms with Crippen LogP contribution in [-0.2, 0) is 0 Å². The first kappa shape index (κ1) is 13.5. The molecule has 2 rings (SSSR count). The third kappa shape index (κ3) is 2.91. The number of anilines is 2. The number of nitro groups is 1. The standard InChI is InChI=1S/C12H12N4O4/c1-2-13-8-3-4-11(16(18)19)10(5-8)12(17)15-9-6-14-20-7-9/h3-7,13H,2H2,1H3,(H,15,17). The van der Waals surface area contributed by atoms with E-state index in [4.69, 9.17) is 0 Å². The molecule has 8 nitrogen and oxygen atoms in total. The lowest BCUT2D eigenvalue weighted by atomic mass is 10.1. The topological polar surface area (TPSA) is 110 Å². The van der Waals surface area contributed by atoms with Crippen molar-refractivity contribution in [3.63, 3.8) is 0 Å². The van der Waals surface area contributed by atoms with E-state index in [9.17, 15) is 14.9 Å². The average molecular weight is 276 g/mol. The largest absolute Gasteiger partial charge is 0.385 e. The lowest BCUT2D eigenvalue weighted by Gasteiger charge is -2.07. The first-order chi connectivity index (χ1) is 9.61. The smallest absolute Gasteiger partial charge is 0.282 e. The van der Waals surface area contributed by atoms with Gasteiger partial charge in [-0.15, -0.1) is 0 Å². The monoisotopic (exact) mass is 276 g/mol. The molecule has 1 amide bonds. The van der Waals surface area contributed by atoms with Crippen LogP contribution in [0.15, 0.2) is 35.2 Å². The number of carbonyl (C=O) groups excluding carboxylic acids is 1. The summed E-state index contributed by atoms with van der Waals surface area (Å²) in [5.41, 5.74) is 0.668. The number of rotatable bonds is 5. The SMILES string of the molecule is CCNc1ccc([N+](=O)[O-])c(C(=O)Nc2cnoc2)c1. The van der Waals surface area contributed by atoms with Gasteiger partial charge in [-0.3, -0.25) is 14.9 Å². The van der Waals surface area contributed by atoms with Gasteiger partial charge in [0.05, 0.1) is 11.1 Å². The van der Waals surface area contributed by atoms with E-state index in [1.807, 2.05) is 6.92 Å². The molecule has 1 aromatic heterocycles. The molecule has 0 saturated heterocycles. The lowest BCUT2D eigenvalue weighted by Crippen LogP contribution is -2.14. The van der Waals surface area contributed by atoms with Gasteiger partial charge in [0.1, 0.15) is 17.5 Å². The first-order valence-corrected chi connectivity index (χ1v) is 5.85. The highest BCUT2D eigenvalue weighted by Gasteiger charge is 2.21. The number of aromatic nitrogens is 1. The van der Waals surface area contributed by atoms with Gasteiger partial charge in [-0.1, -0.05) is 5.16 Å². The van der Waals surface area contributed by atoms with Crippen LogP contribution in [0.1, 0.15) is 17.3 Å². The molecule has 0 atom stereocenters. The summed E-state index contributed by atoms with van der Waals surface area (Å²) in [5, 5.41) is 19.9. The van der Waals surface area contributed by atoms with E-state index in [-0.39, 0.29) is 11.3 Å². The van der Waals surface area contributed by atoms with E-state index in [1.165, 1.54) is 24.6 Å². The van der Waals surface area contributed by atoms with Crippen LogP contribution in [-0.4, -0.2) is 22.5 Å². The normalized spacial score (nSPS) is 10.1. The Balaban J connectivity index is 2.33. The zero-order valence-electron chi connectivity index (χ0n) is 10.6. The molecule has 2 aromatic rings. The van der Waals surface area contributed by atoms with Crippen molar-refractivity contribution < 1.29 is 14.2 Å². The Kier molecular flexibility index (Phi) is 3.94. The van der Waals surface area contributed by atoms with Gasteiger partial charge in [-0.25, -0.2) is 0 Å². The third-order valence-corrected chi connectivity index (χ3v) is 2.51. The fourth-order valence-electron chi connectivity index (χ4n) is 1.66. The van der Waals surface area contributed by atoms with Gasteiger partial charge in [0.15, 0.2) is 0 Å². The van der Waals surface area contributed by atoms with Crippen LogP contribution in [0.2, 0.25) is 0 Å². The second-order valence-corrected chi connectivity index (χ2v) is 3.89. The highest BCUT2D eigenvalue weighted by Crippen LogP contribution is 2.23. The zero-order chi connectivity index (χ0) is 14.5. The van der Waals surface area contributed by atoms with Crippen LogP contribution in [0.4, 0.5) is 17.1 Å². The van der Waals surface area contributed by atoms with Gasteiger partial charge in [0, 0.05) is 18.3 Å². The second kappa shape index (κ2) is 5.83. The Bertz CT molecular complexity index is 624. The van der Waals surface area contributed by atoms with Crippen molar-refractivity contribution >= 4 is 23.0 Å². The number of benzene rings is 1. The number of hydrogen-bond acceptors (Lipinski definition) is 6. The number of amides is 1. The van der Waals surface area contributed by atoms with Gasteiger partial charge in [-0.2, -0.15) is 0 Å². The molecule has 8 heteroatoms. The minimum Gasteiger partial charge on any atom is -0.385 e. The Morgan fingerprint density at radius 2 is 2.25 bits per heavy atom. The average Bonchev–Trinajstić information content (AvgIpc) is 2.91. The van der Waals surface area contributed by atoms with Crippen LogP contribution in [0, 0.1) is 10.1 Å². The maximum Gasteiger partial charge on any atom is 0.282 e. The summed E-state index contributed by atoms with van der Waals surface area (Å²) >= 11 is 0. The highest BCUT2D eigenvalue weighted by atomic mass is 16.6. The Hall–Kier alpha value is -2.90.